The first-order valence-electron chi connectivity index (χ1n) is 16.2. The summed E-state index contributed by atoms with van der Waals surface area (Å²) in [6, 6.07) is 0. The summed E-state index contributed by atoms with van der Waals surface area (Å²) in [7, 11) is 0. The molecule has 3 nitrogen and oxygen atoms in total. The van der Waals surface area contributed by atoms with E-state index >= 15 is 0 Å². The summed E-state index contributed by atoms with van der Waals surface area (Å²) in [4.78, 5) is 0. The van der Waals surface area contributed by atoms with Crippen LogP contribution in [0, 0.1) is 50.2 Å². The zero-order valence-corrected chi connectivity index (χ0v) is 26.7. The lowest BCUT2D eigenvalue weighted by atomic mass is 9.33. The van der Waals surface area contributed by atoms with Crippen molar-refractivity contribution in [2.24, 2.45) is 50.2 Å². The molecule has 5 aliphatic rings. The molecule has 4 saturated carbocycles. The number of aliphatic hydroxyl groups is 2. The molecule has 4 fully saturated rings. The molecule has 0 heterocycles. The molecule has 0 radical (unpaired) electrons. The third kappa shape index (κ3) is 4.15. The zero-order chi connectivity index (χ0) is 29.4. The standard InChI is InChI=1S/C37H58O3/c1-10-12-25(11-2)23-40-31-22-32(3,4)21-27-26-13-14-29-34(6)17-16-30(39)35(7,24-38)28(34)15-18-37(29,9)36(26,8)20-19-33(27,31)5/h10-13,27-31,38-39H,1-2,14-24H2,3-9H3/b25-12+. The summed E-state index contributed by atoms with van der Waals surface area (Å²) >= 11 is 0. The first kappa shape index (κ1) is 30.3. The van der Waals surface area contributed by atoms with E-state index in [0.29, 0.717) is 24.4 Å². The highest BCUT2D eigenvalue weighted by Gasteiger charge is 2.69. The van der Waals surface area contributed by atoms with E-state index in [1.165, 1.54) is 25.7 Å². The highest BCUT2D eigenvalue weighted by atomic mass is 16.5. The van der Waals surface area contributed by atoms with Crippen molar-refractivity contribution in [3.63, 3.8) is 0 Å². The Morgan fingerprint density at radius 1 is 0.950 bits per heavy atom. The van der Waals surface area contributed by atoms with Gasteiger partial charge in [0.05, 0.1) is 25.4 Å². The van der Waals surface area contributed by atoms with Crippen LogP contribution in [0.25, 0.3) is 0 Å². The van der Waals surface area contributed by atoms with E-state index in [4.69, 9.17) is 4.74 Å². The Bertz CT molecular complexity index is 1080. The molecule has 0 spiro atoms. The third-order valence-corrected chi connectivity index (χ3v) is 14.2. The molecule has 0 aromatic heterocycles. The van der Waals surface area contributed by atoms with Crippen molar-refractivity contribution in [1.82, 2.24) is 0 Å². The normalized spacial score (nSPS) is 50.0. The minimum absolute atomic E-state index is 0.0860. The molecular formula is C37H58O3. The summed E-state index contributed by atoms with van der Waals surface area (Å²) in [5, 5.41) is 21.6. The molecule has 0 amide bonds. The van der Waals surface area contributed by atoms with Gasteiger partial charge in [-0.15, -0.1) is 0 Å². The van der Waals surface area contributed by atoms with Crippen LogP contribution < -0.4 is 0 Å². The predicted octanol–water partition coefficient (Wildman–Crippen LogP) is 8.43. The molecule has 2 N–H and O–H groups in total. The van der Waals surface area contributed by atoms with E-state index in [1.807, 2.05) is 18.2 Å². The van der Waals surface area contributed by atoms with Gasteiger partial charge in [-0.05, 0) is 103 Å². The summed E-state index contributed by atoms with van der Waals surface area (Å²) in [6.45, 7) is 25.9. The second kappa shape index (κ2) is 9.95. The summed E-state index contributed by atoms with van der Waals surface area (Å²) in [5.74, 6) is 1.49. The fraction of sp³-hybridized carbons (Fsp3) is 0.784. The largest absolute Gasteiger partial charge is 0.396 e. The number of ether oxygens (including phenoxy) is 1. The molecule has 5 rings (SSSR count). The number of fused-ring (bicyclic) bond motifs is 7. The van der Waals surface area contributed by atoms with Gasteiger partial charge in [-0.25, -0.2) is 0 Å². The van der Waals surface area contributed by atoms with E-state index in [1.54, 1.807) is 5.57 Å². The lowest BCUT2D eigenvalue weighted by molar-refractivity contribution is -0.219. The van der Waals surface area contributed by atoms with Gasteiger partial charge in [0.25, 0.3) is 0 Å². The lowest BCUT2D eigenvalue weighted by Crippen LogP contribution is -2.66. The van der Waals surface area contributed by atoms with Crippen molar-refractivity contribution in [1.29, 1.82) is 0 Å². The van der Waals surface area contributed by atoms with Crippen molar-refractivity contribution in [2.75, 3.05) is 13.2 Å². The van der Waals surface area contributed by atoms with Crippen molar-refractivity contribution in [2.45, 2.75) is 118 Å². The van der Waals surface area contributed by atoms with Crippen molar-refractivity contribution in [3.8, 4) is 0 Å². The van der Waals surface area contributed by atoms with Crippen LogP contribution in [0.2, 0.25) is 0 Å². The average molecular weight is 551 g/mol. The second-order valence-electron chi connectivity index (χ2n) is 16.6. The zero-order valence-electron chi connectivity index (χ0n) is 26.7. The van der Waals surface area contributed by atoms with Crippen LogP contribution in [0.15, 0.2) is 48.6 Å². The van der Waals surface area contributed by atoms with Crippen molar-refractivity contribution in [3.05, 3.63) is 48.6 Å². The molecule has 0 aromatic rings. The van der Waals surface area contributed by atoms with Crippen molar-refractivity contribution < 1.29 is 14.9 Å². The quantitative estimate of drug-likeness (QED) is 0.258. The smallest absolute Gasteiger partial charge is 0.0720 e. The Balaban J connectivity index is 1.51. The molecular weight excluding hydrogens is 492 g/mol. The van der Waals surface area contributed by atoms with Crippen LogP contribution in [-0.2, 0) is 4.74 Å². The fourth-order valence-electron chi connectivity index (χ4n) is 11.4. The monoisotopic (exact) mass is 550 g/mol. The van der Waals surface area contributed by atoms with E-state index in [-0.39, 0.29) is 39.8 Å². The van der Waals surface area contributed by atoms with Gasteiger partial charge in [-0.1, -0.05) is 91.5 Å². The predicted molar refractivity (Wildman–Crippen MR) is 166 cm³/mol. The third-order valence-electron chi connectivity index (χ3n) is 14.2. The van der Waals surface area contributed by atoms with Crippen LogP contribution in [0.3, 0.4) is 0 Å². The van der Waals surface area contributed by atoms with E-state index < -0.39 is 11.5 Å². The molecule has 224 valence electrons. The van der Waals surface area contributed by atoms with Crippen LogP contribution in [0.4, 0.5) is 0 Å². The fourth-order valence-corrected chi connectivity index (χ4v) is 11.4. The van der Waals surface area contributed by atoms with Gasteiger partial charge in [0, 0.05) is 10.8 Å². The van der Waals surface area contributed by atoms with E-state index in [9.17, 15) is 10.2 Å². The Morgan fingerprint density at radius 3 is 2.33 bits per heavy atom. The first-order valence-corrected chi connectivity index (χ1v) is 16.2. The minimum Gasteiger partial charge on any atom is -0.396 e. The van der Waals surface area contributed by atoms with Crippen LogP contribution in [0.1, 0.15) is 106 Å². The first-order chi connectivity index (χ1) is 18.6. The minimum atomic E-state index is -0.398. The molecule has 0 aromatic carbocycles. The Kier molecular flexibility index (Phi) is 7.54. The van der Waals surface area contributed by atoms with Crippen LogP contribution in [0.5, 0.6) is 0 Å². The van der Waals surface area contributed by atoms with Crippen LogP contribution in [-0.4, -0.2) is 35.6 Å². The van der Waals surface area contributed by atoms with Gasteiger partial charge in [0.15, 0.2) is 0 Å². The Morgan fingerprint density at radius 2 is 1.68 bits per heavy atom. The Labute approximate surface area is 245 Å². The molecule has 0 bridgehead atoms. The molecule has 0 aliphatic heterocycles. The topological polar surface area (TPSA) is 49.7 Å². The lowest BCUT2D eigenvalue weighted by Gasteiger charge is -2.71. The second-order valence-corrected chi connectivity index (χ2v) is 16.6. The summed E-state index contributed by atoms with van der Waals surface area (Å²) < 4.78 is 6.81. The maximum atomic E-state index is 11.0. The maximum Gasteiger partial charge on any atom is 0.0720 e. The Hall–Kier alpha value is -1.16. The molecule has 3 heteroatoms. The molecule has 0 saturated heterocycles. The highest BCUT2D eigenvalue weighted by Crippen LogP contribution is 2.75. The van der Waals surface area contributed by atoms with Gasteiger partial charge in [0.2, 0.25) is 0 Å². The molecule has 10 unspecified atom stereocenters. The van der Waals surface area contributed by atoms with E-state index in [0.717, 1.165) is 37.7 Å². The maximum absolute atomic E-state index is 11.0. The van der Waals surface area contributed by atoms with Crippen LogP contribution >= 0.6 is 0 Å². The number of aliphatic hydroxyl groups excluding tert-OH is 2. The van der Waals surface area contributed by atoms with Gasteiger partial charge in [-0.2, -0.15) is 0 Å². The van der Waals surface area contributed by atoms with Gasteiger partial charge in [0.1, 0.15) is 0 Å². The molecule has 40 heavy (non-hydrogen) atoms. The van der Waals surface area contributed by atoms with Crippen molar-refractivity contribution >= 4 is 0 Å². The van der Waals surface area contributed by atoms with Gasteiger partial charge in [-0.3, -0.25) is 0 Å². The number of hydrogen-bond acceptors (Lipinski definition) is 3. The summed E-state index contributed by atoms with van der Waals surface area (Å²) in [6.07, 6.45) is 18.4. The highest BCUT2D eigenvalue weighted by molar-refractivity contribution is 5.34. The SMILES string of the molecule is C=C/C=C(\C=C)COC1CC(C)(C)CC2C3=CCC4C5(C)CCC(O)C(C)(CO)C5CCC4(C)C3(C)CCC12C. The van der Waals surface area contributed by atoms with Gasteiger partial charge < -0.3 is 14.9 Å². The number of rotatable bonds is 6. The molecule has 5 aliphatic carbocycles. The molecule has 10 atom stereocenters. The average Bonchev–Trinajstić information content (AvgIpc) is 2.90. The number of allylic oxidation sites excluding steroid dienone is 4. The number of hydrogen-bond donors (Lipinski definition) is 2. The van der Waals surface area contributed by atoms with E-state index in [2.05, 4.69) is 67.7 Å². The summed E-state index contributed by atoms with van der Waals surface area (Å²) in [5.41, 5.74) is 3.34. The van der Waals surface area contributed by atoms with Gasteiger partial charge >= 0.3 is 0 Å².